The summed E-state index contributed by atoms with van der Waals surface area (Å²) in [5, 5.41) is 5.50. The largest absolute Gasteiger partial charge is 0.393 e. The fourth-order valence-corrected chi connectivity index (χ4v) is 2.46. The van der Waals surface area contributed by atoms with E-state index in [-0.39, 0.29) is 18.0 Å². The van der Waals surface area contributed by atoms with Gasteiger partial charge in [-0.15, -0.1) is 11.3 Å². The van der Waals surface area contributed by atoms with Gasteiger partial charge < -0.3 is 11.1 Å². The summed E-state index contributed by atoms with van der Waals surface area (Å²) in [4.78, 5) is 24.2. The number of carbonyl (C=O) groups excluding carboxylic acids is 1. The molecule has 0 atom stereocenters. The van der Waals surface area contributed by atoms with Gasteiger partial charge in [-0.2, -0.15) is 0 Å². The first-order chi connectivity index (χ1) is 11.7. The Morgan fingerprint density at radius 1 is 1.12 bits per heavy atom. The van der Waals surface area contributed by atoms with Crippen molar-refractivity contribution in [2.24, 2.45) is 0 Å². The zero-order chi connectivity index (χ0) is 16.8. The first-order valence-electron chi connectivity index (χ1n) is 7.08. The molecule has 0 saturated carbocycles. The van der Waals surface area contributed by atoms with E-state index in [0.717, 1.165) is 5.56 Å². The van der Waals surface area contributed by atoms with E-state index < -0.39 is 0 Å². The summed E-state index contributed by atoms with van der Waals surface area (Å²) in [5.41, 5.74) is 12.5. The number of benzene rings is 1. The second-order valence-electron chi connectivity index (χ2n) is 4.78. The molecule has 0 bridgehead atoms. The molecule has 0 aliphatic heterocycles. The summed E-state index contributed by atoms with van der Waals surface area (Å²) in [6.45, 7) is 0. The maximum Gasteiger partial charge on any atom is 0.242 e. The molecule has 0 unspecified atom stereocenters. The van der Waals surface area contributed by atoms with Crippen molar-refractivity contribution in [2.75, 3.05) is 16.5 Å². The van der Waals surface area contributed by atoms with E-state index in [2.05, 4.69) is 31.1 Å². The van der Waals surface area contributed by atoms with E-state index in [9.17, 15) is 4.79 Å². The van der Waals surface area contributed by atoms with Gasteiger partial charge >= 0.3 is 0 Å². The van der Waals surface area contributed by atoms with Gasteiger partial charge in [-0.3, -0.25) is 15.6 Å². The maximum absolute atomic E-state index is 12.0. The van der Waals surface area contributed by atoms with Crippen LogP contribution in [0.2, 0.25) is 0 Å². The fraction of sp³-hybridized carbons (Fsp3) is 0.0667. The minimum atomic E-state index is -0.200. The highest BCUT2D eigenvalue weighted by atomic mass is 32.1. The lowest BCUT2D eigenvalue weighted by Gasteiger charge is -2.12. The number of aromatic nitrogens is 3. The quantitative estimate of drug-likeness (QED) is 0.506. The van der Waals surface area contributed by atoms with Gasteiger partial charge in [0.25, 0.3) is 0 Å². The maximum atomic E-state index is 12.0. The van der Waals surface area contributed by atoms with Crippen LogP contribution < -0.4 is 21.9 Å². The highest BCUT2D eigenvalue weighted by molar-refractivity contribution is 7.13. The second kappa shape index (κ2) is 7.38. The Morgan fingerprint density at radius 3 is 2.67 bits per heavy atom. The van der Waals surface area contributed by atoms with Crippen molar-refractivity contribution >= 4 is 39.7 Å². The molecule has 1 amide bonds. The van der Waals surface area contributed by atoms with Crippen molar-refractivity contribution in [1.82, 2.24) is 20.4 Å². The minimum absolute atomic E-state index is 0.200. The second-order valence-corrected chi connectivity index (χ2v) is 5.68. The molecular formula is C15H15N7OS. The molecule has 0 aliphatic rings. The van der Waals surface area contributed by atoms with E-state index >= 15 is 0 Å². The summed E-state index contributed by atoms with van der Waals surface area (Å²) in [6, 6.07) is 9.44. The van der Waals surface area contributed by atoms with Gasteiger partial charge in [-0.25, -0.2) is 15.0 Å². The molecule has 122 valence electrons. The summed E-state index contributed by atoms with van der Waals surface area (Å²) < 4.78 is 0. The van der Waals surface area contributed by atoms with Crippen molar-refractivity contribution < 1.29 is 4.79 Å². The standard InChI is InChI=1S/C15H15N7OS/c16-12-13(20-15-17-6-7-24-15)18-9-19-14(12)22-21-11(23)8-10-4-2-1-3-5-10/h1-7,9H,8,16H2,(H,21,23)(H2,17,18,19,20,22). The Kier molecular flexibility index (Phi) is 4.82. The molecular weight excluding hydrogens is 326 g/mol. The highest BCUT2D eigenvalue weighted by Crippen LogP contribution is 2.25. The van der Waals surface area contributed by atoms with E-state index in [1.165, 1.54) is 17.7 Å². The van der Waals surface area contributed by atoms with Crippen LogP contribution in [0.25, 0.3) is 0 Å². The Bertz CT molecular complexity index is 808. The van der Waals surface area contributed by atoms with Crippen LogP contribution in [-0.2, 0) is 11.2 Å². The lowest BCUT2D eigenvalue weighted by Crippen LogP contribution is -2.31. The van der Waals surface area contributed by atoms with Crippen molar-refractivity contribution in [2.45, 2.75) is 6.42 Å². The van der Waals surface area contributed by atoms with Crippen LogP contribution in [0, 0.1) is 0 Å². The Balaban J connectivity index is 1.62. The van der Waals surface area contributed by atoms with Crippen molar-refractivity contribution in [3.05, 3.63) is 53.8 Å². The van der Waals surface area contributed by atoms with E-state index in [1.54, 1.807) is 6.20 Å². The number of hydrogen-bond acceptors (Lipinski definition) is 8. The summed E-state index contributed by atoms with van der Waals surface area (Å²) in [6.07, 6.45) is 3.27. The number of carbonyl (C=O) groups is 1. The number of hydrogen-bond donors (Lipinski definition) is 4. The van der Waals surface area contributed by atoms with Gasteiger partial charge in [-0.05, 0) is 5.56 Å². The number of hydrazine groups is 1. The number of nitrogen functional groups attached to an aromatic ring is 1. The Labute approximate surface area is 142 Å². The molecule has 8 nitrogen and oxygen atoms in total. The monoisotopic (exact) mass is 341 g/mol. The predicted octanol–water partition coefficient (Wildman–Crippen LogP) is 1.94. The van der Waals surface area contributed by atoms with Gasteiger partial charge in [-0.1, -0.05) is 30.3 Å². The lowest BCUT2D eigenvalue weighted by atomic mass is 10.1. The van der Waals surface area contributed by atoms with Gasteiger partial charge in [0.1, 0.15) is 12.0 Å². The first kappa shape index (κ1) is 15.7. The van der Waals surface area contributed by atoms with Crippen LogP contribution in [0.3, 0.4) is 0 Å². The molecule has 0 radical (unpaired) electrons. The molecule has 0 spiro atoms. The zero-order valence-corrected chi connectivity index (χ0v) is 13.4. The van der Waals surface area contributed by atoms with Crippen molar-refractivity contribution in [1.29, 1.82) is 0 Å². The minimum Gasteiger partial charge on any atom is -0.393 e. The number of nitrogens with one attached hydrogen (secondary N) is 3. The number of rotatable bonds is 6. The van der Waals surface area contributed by atoms with Crippen LogP contribution in [0.1, 0.15) is 5.56 Å². The molecule has 1 aromatic carbocycles. The molecule has 5 N–H and O–H groups in total. The van der Waals surface area contributed by atoms with E-state index in [1.807, 2.05) is 35.7 Å². The number of amides is 1. The average Bonchev–Trinajstić information content (AvgIpc) is 3.10. The molecule has 3 aromatic rings. The van der Waals surface area contributed by atoms with E-state index in [4.69, 9.17) is 5.73 Å². The highest BCUT2D eigenvalue weighted by Gasteiger charge is 2.10. The third-order valence-electron chi connectivity index (χ3n) is 3.07. The Morgan fingerprint density at radius 2 is 1.92 bits per heavy atom. The number of anilines is 4. The smallest absolute Gasteiger partial charge is 0.242 e. The average molecular weight is 341 g/mol. The topological polar surface area (TPSA) is 118 Å². The van der Waals surface area contributed by atoms with Gasteiger partial charge in [0.05, 0.1) is 6.42 Å². The normalized spacial score (nSPS) is 10.2. The van der Waals surface area contributed by atoms with Gasteiger partial charge in [0.15, 0.2) is 16.8 Å². The summed E-state index contributed by atoms with van der Waals surface area (Å²) >= 11 is 1.42. The SMILES string of the molecule is Nc1c(NNC(=O)Cc2ccccc2)ncnc1Nc1nccs1. The van der Waals surface area contributed by atoms with E-state index in [0.29, 0.717) is 16.8 Å². The number of nitrogens with two attached hydrogens (primary N) is 1. The number of thiazole rings is 1. The lowest BCUT2D eigenvalue weighted by molar-refractivity contribution is -0.119. The van der Waals surface area contributed by atoms with Crippen LogP contribution in [0.5, 0.6) is 0 Å². The predicted molar refractivity (Wildman–Crippen MR) is 93.8 cm³/mol. The van der Waals surface area contributed by atoms with Gasteiger partial charge in [0, 0.05) is 11.6 Å². The molecule has 2 heterocycles. The third kappa shape index (κ3) is 3.96. The van der Waals surface area contributed by atoms with Crippen LogP contribution in [0.4, 0.5) is 22.5 Å². The third-order valence-corrected chi connectivity index (χ3v) is 3.76. The first-order valence-corrected chi connectivity index (χ1v) is 7.96. The molecule has 2 aromatic heterocycles. The Hall–Kier alpha value is -3.20. The molecule has 9 heteroatoms. The number of nitrogens with zero attached hydrogens (tertiary/aromatic N) is 3. The summed E-state index contributed by atoms with van der Waals surface area (Å²) in [7, 11) is 0. The molecule has 0 saturated heterocycles. The molecule has 0 fully saturated rings. The molecule has 0 aliphatic carbocycles. The molecule has 3 rings (SSSR count). The zero-order valence-electron chi connectivity index (χ0n) is 12.6. The van der Waals surface area contributed by atoms with Crippen molar-refractivity contribution in [3.8, 4) is 0 Å². The van der Waals surface area contributed by atoms with Gasteiger partial charge in [0.2, 0.25) is 5.91 Å². The van der Waals surface area contributed by atoms with Crippen molar-refractivity contribution in [3.63, 3.8) is 0 Å². The molecule has 24 heavy (non-hydrogen) atoms. The van der Waals surface area contributed by atoms with Crippen LogP contribution >= 0.6 is 11.3 Å². The van der Waals surface area contributed by atoms with Crippen LogP contribution in [0.15, 0.2) is 48.2 Å². The fourth-order valence-electron chi connectivity index (χ4n) is 1.94. The van der Waals surface area contributed by atoms with Crippen LogP contribution in [-0.4, -0.2) is 20.9 Å². The summed E-state index contributed by atoms with van der Waals surface area (Å²) in [5.74, 6) is 0.527.